The number of rotatable bonds is 10. The van der Waals surface area contributed by atoms with Crippen LogP contribution in [0.1, 0.15) is 70.3 Å². The standard InChI is InChI=1S/C17H28N2O/c1-3-4-5-6-7-8-9-10-13-16(20)19-17-15(2)12-11-14-18-17/h11-12,14H,3-10,13H2,1-2H3,(H,18,19,20). The average molecular weight is 276 g/mol. The monoisotopic (exact) mass is 276 g/mol. The minimum Gasteiger partial charge on any atom is -0.310 e. The number of anilines is 1. The minimum atomic E-state index is 0.0813. The van der Waals surface area contributed by atoms with E-state index in [9.17, 15) is 4.79 Å². The molecule has 0 spiro atoms. The van der Waals surface area contributed by atoms with Crippen LogP contribution in [-0.4, -0.2) is 10.9 Å². The van der Waals surface area contributed by atoms with Crippen LogP contribution >= 0.6 is 0 Å². The first-order chi connectivity index (χ1) is 9.74. The third-order valence-electron chi connectivity index (χ3n) is 3.52. The van der Waals surface area contributed by atoms with Crippen LogP contribution in [0.15, 0.2) is 18.3 Å². The summed E-state index contributed by atoms with van der Waals surface area (Å²) in [5, 5.41) is 2.88. The predicted molar refractivity (Wildman–Crippen MR) is 84.8 cm³/mol. The second-order valence-electron chi connectivity index (χ2n) is 5.44. The lowest BCUT2D eigenvalue weighted by Gasteiger charge is -2.06. The fraction of sp³-hybridized carbons (Fsp3) is 0.647. The van der Waals surface area contributed by atoms with Crippen molar-refractivity contribution in [1.82, 2.24) is 4.98 Å². The van der Waals surface area contributed by atoms with Crippen molar-refractivity contribution in [3.8, 4) is 0 Å². The molecule has 3 nitrogen and oxygen atoms in total. The van der Waals surface area contributed by atoms with Gasteiger partial charge in [0.2, 0.25) is 5.91 Å². The number of amides is 1. The molecule has 1 heterocycles. The summed E-state index contributed by atoms with van der Waals surface area (Å²) in [4.78, 5) is 16.0. The summed E-state index contributed by atoms with van der Waals surface area (Å²) in [6.45, 7) is 4.20. The molecule has 0 aromatic carbocycles. The van der Waals surface area contributed by atoms with E-state index in [4.69, 9.17) is 0 Å². The number of pyridine rings is 1. The SMILES string of the molecule is CCCCCCCCCCC(=O)Nc1ncccc1C. The lowest BCUT2D eigenvalue weighted by molar-refractivity contribution is -0.116. The van der Waals surface area contributed by atoms with Gasteiger partial charge in [-0.1, -0.05) is 57.9 Å². The van der Waals surface area contributed by atoms with Gasteiger partial charge in [-0.3, -0.25) is 4.79 Å². The van der Waals surface area contributed by atoms with Crippen LogP contribution in [0.3, 0.4) is 0 Å². The van der Waals surface area contributed by atoms with Crippen LogP contribution in [0.5, 0.6) is 0 Å². The van der Waals surface area contributed by atoms with E-state index in [0.717, 1.165) is 18.4 Å². The number of carbonyl (C=O) groups is 1. The van der Waals surface area contributed by atoms with Gasteiger partial charge in [-0.05, 0) is 25.0 Å². The first-order valence-corrected chi connectivity index (χ1v) is 7.95. The summed E-state index contributed by atoms with van der Waals surface area (Å²) in [5.74, 6) is 0.773. The van der Waals surface area contributed by atoms with Gasteiger partial charge >= 0.3 is 0 Å². The van der Waals surface area contributed by atoms with Crippen LogP contribution in [0.2, 0.25) is 0 Å². The second-order valence-corrected chi connectivity index (χ2v) is 5.44. The summed E-state index contributed by atoms with van der Waals surface area (Å²) in [6.07, 6.45) is 12.3. The van der Waals surface area contributed by atoms with Gasteiger partial charge in [0, 0.05) is 12.6 Å². The quantitative estimate of drug-likeness (QED) is 0.620. The lowest BCUT2D eigenvalue weighted by atomic mass is 10.1. The average Bonchev–Trinajstić information content (AvgIpc) is 2.44. The van der Waals surface area contributed by atoms with E-state index in [1.807, 2.05) is 19.1 Å². The number of hydrogen-bond donors (Lipinski definition) is 1. The first kappa shape index (κ1) is 16.7. The predicted octanol–water partition coefficient (Wildman–Crippen LogP) is 4.86. The highest BCUT2D eigenvalue weighted by Crippen LogP contribution is 2.12. The summed E-state index contributed by atoms with van der Waals surface area (Å²) < 4.78 is 0. The molecule has 0 saturated heterocycles. The van der Waals surface area contributed by atoms with E-state index >= 15 is 0 Å². The van der Waals surface area contributed by atoms with E-state index in [-0.39, 0.29) is 5.91 Å². The van der Waals surface area contributed by atoms with Gasteiger partial charge in [0.05, 0.1) is 0 Å². The summed E-state index contributed by atoms with van der Waals surface area (Å²) in [5.41, 5.74) is 1.01. The van der Waals surface area contributed by atoms with Crippen LogP contribution in [0.4, 0.5) is 5.82 Å². The number of nitrogens with one attached hydrogen (secondary N) is 1. The first-order valence-electron chi connectivity index (χ1n) is 7.95. The molecule has 0 atom stereocenters. The highest BCUT2D eigenvalue weighted by atomic mass is 16.1. The van der Waals surface area contributed by atoms with Crippen molar-refractivity contribution in [2.24, 2.45) is 0 Å². The Morgan fingerprint density at radius 1 is 1.10 bits per heavy atom. The Kier molecular flexibility index (Phi) is 8.68. The molecule has 1 rings (SSSR count). The number of aryl methyl sites for hydroxylation is 1. The van der Waals surface area contributed by atoms with Gasteiger partial charge in [0.25, 0.3) is 0 Å². The van der Waals surface area contributed by atoms with Gasteiger partial charge in [-0.2, -0.15) is 0 Å². The van der Waals surface area contributed by atoms with Gasteiger partial charge < -0.3 is 5.32 Å². The van der Waals surface area contributed by atoms with Gasteiger partial charge in [-0.25, -0.2) is 4.98 Å². The third kappa shape index (κ3) is 7.27. The molecule has 0 aliphatic carbocycles. The molecular weight excluding hydrogens is 248 g/mol. The Balaban J connectivity index is 2.05. The van der Waals surface area contributed by atoms with E-state index in [1.54, 1.807) is 6.20 Å². The van der Waals surface area contributed by atoms with E-state index < -0.39 is 0 Å². The summed E-state index contributed by atoms with van der Waals surface area (Å²) in [6, 6.07) is 3.84. The molecule has 0 aliphatic rings. The lowest BCUT2D eigenvalue weighted by Crippen LogP contribution is -2.13. The molecule has 20 heavy (non-hydrogen) atoms. The van der Waals surface area contributed by atoms with Crippen molar-refractivity contribution in [2.75, 3.05) is 5.32 Å². The van der Waals surface area contributed by atoms with Crippen LogP contribution in [-0.2, 0) is 4.79 Å². The number of nitrogens with zero attached hydrogens (tertiary/aromatic N) is 1. The van der Waals surface area contributed by atoms with Gasteiger partial charge in [-0.15, -0.1) is 0 Å². The summed E-state index contributed by atoms with van der Waals surface area (Å²) in [7, 11) is 0. The minimum absolute atomic E-state index is 0.0813. The Morgan fingerprint density at radius 2 is 1.75 bits per heavy atom. The Bertz CT molecular complexity index is 390. The smallest absolute Gasteiger partial charge is 0.225 e. The number of aromatic nitrogens is 1. The molecular formula is C17H28N2O. The maximum Gasteiger partial charge on any atom is 0.225 e. The normalized spacial score (nSPS) is 10.5. The number of unbranched alkanes of at least 4 members (excludes halogenated alkanes) is 7. The Hall–Kier alpha value is -1.38. The molecule has 112 valence electrons. The topological polar surface area (TPSA) is 42.0 Å². The maximum atomic E-state index is 11.8. The third-order valence-corrected chi connectivity index (χ3v) is 3.52. The van der Waals surface area contributed by atoms with Crippen molar-refractivity contribution >= 4 is 11.7 Å². The van der Waals surface area contributed by atoms with Crippen molar-refractivity contribution in [3.05, 3.63) is 23.9 Å². The van der Waals surface area contributed by atoms with Crippen LogP contribution in [0, 0.1) is 6.92 Å². The molecule has 1 N–H and O–H groups in total. The number of hydrogen-bond acceptors (Lipinski definition) is 2. The van der Waals surface area contributed by atoms with Crippen molar-refractivity contribution < 1.29 is 4.79 Å². The molecule has 0 radical (unpaired) electrons. The maximum absolute atomic E-state index is 11.8. The van der Waals surface area contributed by atoms with E-state index in [1.165, 1.54) is 38.5 Å². The fourth-order valence-corrected chi connectivity index (χ4v) is 2.23. The largest absolute Gasteiger partial charge is 0.310 e. The fourth-order valence-electron chi connectivity index (χ4n) is 2.23. The van der Waals surface area contributed by atoms with E-state index in [0.29, 0.717) is 12.2 Å². The van der Waals surface area contributed by atoms with Crippen molar-refractivity contribution in [2.45, 2.75) is 71.6 Å². The Labute approximate surface area is 123 Å². The van der Waals surface area contributed by atoms with Gasteiger partial charge in [0.15, 0.2) is 0 Å². The zero-order valence-corrected chi connectivity index (χ0v) is 13.0. The molecule has 0 bridgehead atoms. The molecule has 0 aliphatic heterocycles. The number of carbonyl (C=O) groups excluding carboxylic acids is 1. The van der Waals surface area contributed by atoms with Crippen LogP contribution in [0.25, 0.3) is 0 Å². The highest BCUT2D eigenvalue weighted by molar-refractivity contribution is 5.90. The summed E-state index contributed by atoms with van der Waals surface area (Å²) >= 11 is 0. The molecule has 1 aromatic heterocycles. The molecule has 0 unspecified atom stereocenters. The Morgan fingerprint density at radius 3 is 2.40 bits per heavy atom. The van der Waals surface area contributed by atoms with Gasteiger partial charge in [0.1, 0.15) is 5.82 Å². The van der Waals surface area contributed by atoms with Crippen molar-refractivity contribution in [3.63, 3.8) is 0 Å². The van der Waals surface area contributed by atoms with E-state index in [2.05, 4.69) is 17.2 Å². The zero-order chi connectivity index (χ0) is 14.6. The molecule has 1 aromatic rings. The van der Waals surface area contributed by atoms with Crippen LogP contribution < -0.4 is 5.32 Å². The molecule has 1 amide bonds. The molecule has 0 fully saturated rings. The molecule has 3 heteroatoms. The highest BCUT2D eigenvalue weighted by Gasteiger charge is 2.04. The second kappa shape index (κ2) is 10.4. The van der Waals surface area contributed by atoms with Crippen molar-refractivity contribution in [1.29, 1.82) is 0 Å². The molecule has 0 saturated carbocycles. The zero-order valence-electron chi connectivity index (χ0n) is 13.0.